The highest BCUT2D eigenvalue weighted by atomic mass is 79.9. The van der Waals surface area contributed by atoms with Gasteiger partial charge in [0.05, 0.1) is 10.7 Å². The summed E-state index contributed by atoms with van der Waals surface area (Å²) in [5.74, 6) is 1.13. The molecule has 2 aliphatic carbocycles. The molecule has 1 aromatic rings. The summed E-state index contributed by atoms with van der Waals surface area (Å²) >= 11 is 9.76. The maximum Gasteiger partial charge on any atom is 0.245 e. The fourth-order valence-corrected chi connectivity index (χ4v) is 6.77. The molecule has 0 bridgehead atoms. The number of hydrogen-bond acceptors (Lipinski definition) is 3. The van der Waals surface area contributed by atoms with Crippen molar-refractivity contribution in [3.8, 4) is 0 Å². The van der Waals surface area contributed by atoms with Gasteiger partial charge in [0, 0.05) is 30.7 Å². The SMILES string of the molecule is CN1C(C2CCCCC2)CN(CC2CC2)c2cc(Cl)c(Br)cc2S1(=O)=O. The maximum atomic E-state index is 13.4. The van der Waals surface area contributed by atoms with Gasteiger partial charge in [0.15, 0.2) is 0 Å². The quantitative estimate of drug-likeness (QED) is 0.642. The Hall–Kier alpha value is -0.300. The summed E-state index contributed by atoms with van der Waals surface area (Å²) in [6, 6.07) is 3.55. The number of halogens is 2. The third-order valence-electron chi connectivity index (χ3n) is 6.24. The molecule has 26 heavy (non-hydrogen) atoms. The predicted molar refractivity (Wildman–Crippen MR) is 109 cm³/mol. The second-order valence-corrected chi connectivity index (χ2v) is 11.3. The normalized spacial score (nSPS) is 27.2. The van der Waals surface area contributed by atoms with E-state index in [0.29, 0.717) is 26.2 Å². The zero-order chi connectivity index (χ0) is 18.5. The lowest BCUT2D eigenvalue weighted by molar-refractivity contribution is 0.216. The highest BCUT2D eigenvalue weighted by Crippen LogP contribution is 2.42. The summed E-state index contributed by atoms with van der Waals surface area (Å²) < 4.78 is 29.1. The largest absolute Gasteiger partial charge is 0.368 e. The summed E-state index contributed by atoms with van der Waals surface area (Å²) in [6.07, 6.45) is 8.43. The maximum absolute atomic E-state index is 13.4. The van der Waals surface area contributed by atoms with Crippen molar-refractivity contribution in [1.29, 1.82) is 0 Å². The number of nitrogens with zero attached hydrogens (tertiary/aromatic N) is 2. The minimum atomic E-state index is -3.54. The van der Waals surface area contributed by atoms with Gasteiger partial charge in [-0.15, -0.1) is 0 Å². The highest BCUT2D eigenvalue weighted by molar-refractivity contribution is 9.10. The molecule has 1 aromatic carbocycles. The number of rotatable bonds is 3. The molecule has 0 saturated heterocycles. The molecule has 7 heteroatoms. The zero-order valence-electron chi connectivity index (χ0n) is 15.1. The minimum Gasteiger partial charge on any atom is -0.368 e. The van der Waals surface area contributed by atoms with Gasteiger partial charge in [-0.2, -0.15) is 4.31 Å². The number of benzene rings is 1. The zero-order valence-corrected chi connectivity index (χ0v) is 18.3. The second-order valence-electron chi connectivity index (χ2n) is 8.07. The molecule has 4 nitrogen and oxygen atoms in total. The van der Waals surface area contributed by atoms with E-state index in [9.17, 15) is 8.42 Å². The summed E-state index contributed by atoms with van der Waals surface area (Å²) in [6.45, 7) is 1.69. The summed E-state index contributed by atoms with van der Waals surface area (Å²) in [5, 5.41) is 0.568. The summed E-state index contributed by atoms with van der Waals surface area (Å²) in [7, 11) is -1.77. The lowest BCUT2D eigenvalue weighted by atomic mass is 9.83. The lowest BCUT2D eigenvalue weighted by Gasteiger charge is -2.37. The van der Waals surface area contributed by atoms with Crippen molar-refractivity contribution >= 4 is 43.2 Å². The molecule has 4 rings (SSSR count). The minimum absolute atomic E-state index is 0.0315. The predicted octanol–water partition coefficient (Wildman–Crippen LogP) is 4.90. The van der Waals surface area contributed by atoms with Crippen molar-refractivity contribution in [3.63, 3.8) is 0 Å². The van der Waals surface area contributed by atoms with Gasteiger partial charge in [0.25, 0.3) is 0 Å². The molecule has 1 unspecified atom stereocenters. The molecular formula is C19H26BrClN2O2S. The molecule has 0 spiro atoms. The van der Waals surface area contributed by atoms with Crippen LogP contribution in [0.3, 0.4) is 0 Å². The monoisotopic (exact) mass is 460 g/mol. The van der Waals surface area contributed by atoms with E-state index in [1.807, 2.05) is 6.07 Å². The van der Waals surface area contributed by atoms with E-state index >= 15 is 0 Å². The van der Waals surface area contributed by atoms with E-state index in [2.05, 4.69) is 20.8 Å². The van der Waals surface area contributed by atoms with Crippen molar-refractivity contribution in [3.05, 3.63) is 21.6 Å². The van der Waals surface area contributed by atoms with Gasteiger partial charge < -0.3 is 4.90 Å². The average molecular weight is 462 g/mol. The van der Waals surface area contributed by atoms with Crippen LogP contribution in [-0.2, 0) is 10.0 Å². The first-order chi connectivity index (χ1) is 12.4. The van der Waals surface area contributed by atoms with Crippen LogP contribution in [0.25, 0.3) is 0 Å². The number of sulfonamides is 1. The summed E-state index contributed by atoms with van der Waals surface area (Å²) in [4.78, 5) is 2.68. The number of anilines is 1. The number of hydrogen-bond donors (Lipinski definition) is 0. The lowest BCUT2D eigenvalue weighted by Crippen LogP contribution is -2.47. The van der Waals surface area contributed by atoms with Gasteiger partial charge in [0.2, 0.25) is 10.0 Å². The fraction of sp³-hybridized carbons (Fsp3) is 0.684. The van der Waals surface area contributed by atoms with Crippen molar-refractivity contribution < 1.29 is 8.42 Å². The third kappa shape index (κ3) is 3.54. The molecule has 144 valence electrons. The van der Waals surface area contributed by atoms with Crippen molar-refractivity contribution in [1.82, 2.24) is 4.31 Å². The number of fused-ring (bicyclic) bond motifs is 1. The van der Waals surface area contributed by atoms with Crippen LogP contribution in [0.1, 0.15) is 44.9 Å². The Kier molecular flexibility index (Phi) is 5.32. The van der Waals surface area contributed by atoms with Crippen LogP contribution >= 0.6 is 27.5 Å². The molecule has 1 aliphatic heterocycles. The smallest absolute Gasteiger partial charge is 0.245 e. The van der Waals surface area contributed by atoms with E-state index in [4.69, 9.17) is 11.6 Å². The van der Waals surface area contributed by atoms with Gasteiger partial charge in [-0.1, -0.05) is 30.9 Å². The molecule has 1 atom stereocenters. The van der Waals surface area contributed by atoms with E-state index in [1.54, 1.807) is 17.4 Å². The van der Waals surface area contributed by atoms with Crippen molar-refractivity contribution in [2.24, 2.45) is 11.8 Å². The van der Waals surface area contributed by atoms with Crippen LogP contribution < -0.4 is 4.90 Å². The van der Waals surface area contributed by atoms with E-state index < -0.39 is 10.0 Å². The Balaban J connectivity index is 1.79. The van der Waals surface area contributed by atoms with Gasteiger partial charge in [0.1, 0.15) is 4.90 Å². The van der Waals surface area contributed by atoms with E-state index in [-0.39, 0.29) is 6.04 Å². The van der Waals surface area contributed by atoms with Crippen LogP contribution in [-0.4, -0.2) is 38.9 Å². The average Bonchev–Trinajstić information content (AvgIpc) is 3.44. The van der Waals surface area contributed by atoms with Crippen molar-refractivity contribution in [2.45, 2.75) is 55.9 Å². The topological polar surface area (TPSA) is 40.6 Å². The molecule has 0 aromatic heterocycles. The molecule has 1 heterocycles. The summed E-state index contributed by atoms with van der Waals surface area (Å²) in [5.41, 5.74) is 0.773. The van der Waals surface area contributed by atoms with Gasteiger partial charge in [-0.25, -0.2) is 8.42 Å². The Morgan fingerprint density at radius 3 is 2.50 bits per heavy atom. The standard InChI is InChI=1S/C19H26BrClN2O2S/c1-22-18(14-5-3-2-4-6-14)12-23(11-13-7-8-13)17-10-16(21)15(20)9-19(17)26(22,24)25/h9-10,13-14,18H,2-8,11-12H2,1H3. The molecule has 2 fully saturated rings. The van der Waals surface area contributed by atoms with E-state index in [0.717, 1.165) is 31.6 Å². The fourth-order valence-electron chi connectivity index (χ4n) is 4.49. The van der Waals surface area contributed by atoms with Crippen LogP contribution in [0.2, 0.25) is 5.02 Å². The molecule has 0 amide bonds. The molecule has 0 N–H and O–H groups in total. The van der Waals surface area contributed by atoms with Crippen LogP contribution in [0.4, 0.5) is 5.69 Å². The van der Waals surface area contributed by atoms with Gasteiger partial charge in [-0.3, -0.25) is 0 Å². The first-order valence-corrected chi connectivity index (χ1v) is 12.2. The first-order valence-electron chi connectivity index (χ1n) is 9.60. The molecule has 0 radical (unpaired) electrons. The molecule has 2 saturated carbocycles. The Morgan fingerprint density at radius 1 is 1.15 bits per heavy atom. The van der Waals surface area contributed by atoms with Crippen LogP contribution in [0.5, 0.6) is 0 Å². The first kappa shape index (κ1) is 19.0. The van der Waals surface area contributed by atoms with Crippen molar-refractivity contribution in [2.75, 3.05) is 25.0 Å². The van der Waals surface area contributed by atoms with Gasteiger partial charge in [-0.05, 0) is 65.6 Å². The molecular weight excluding hydrogens is 436 g/mol. The van der Waals surface area contributed by atoms with E-state index in [1.165, 1.54) is 32.1 Å². The third-order valence-corrected chi connectivity index (χ3v) is 9.35. The Morgan fingerprint density at radius 2 is 1.85 bits per heavy atom. The number of likely N-dealkylation sites (N-methyl/N-ethyl adjacent to an activating group) is 1. The highest BCUT2D eigenvalue weighted by Gasteiger charge is 2.41. The second kappa shape index (κ2) is 7.26. The Labute approximate surface area is 170 Å². The Bertz CT molecular complexity index is 791. The van der Waals surface area contributed by atoms with Crippen LogP contribution in [0, 0.1) is 11.8 Å². The molecule has 3 aliphatic rings. The van der Waals surface area contributed by atoms with Crippen LogP contribution in [0.15, 0.2) is 21.5 Å². The van der Waals surface area contributed by atoms with Gasteiger partial charge >= 0.3 is 0 Å².